The van der Waals surface area contributed by atoms with Crippen LogP contribution in [0.15, 0.2) is 18.2 Å². The van der Waals surface area contributed by atoms with Crippen molar-refractivity contribution >= 4 is 0 Å². The fraction of sp³-hybridized carbons (Fsp3) is 0.500. The molecule has 0 saturated carbocycles. The van der Waals surface area contributed by atoms with Gasteiger partial charge in [-0.1, -0.05) is 6.07 Å². The van der Waals surface area contributed by atoms with E-state index < -0.39 is 0 Å². The van der Waals surface area contributed by atoms with Crippen molar-refractivity contribution in [3.63, 3.8) is 0 Å². The molecule has 0 atom stereocenters. The van der Waals surface area contributed by atoms with Crippen LogP contribution in [0.5, 0.6) is 0 Å². The Labute approximate surface area is 121 Å². The molecule has 0 radical (unpaired) electrons. The molecule has 4 heteroatoms. The average Bonchev–Trinajstić information content (AvgIpc) is 2.65. The minimum atomic E-state index is 0.130. The second kappa shape index (κ2) is 5.37. The molecule has 1 N–H and O–H groups in total. The van der Waals surface area contributed by atoms with Gasteiger partial charge in [0.2, 0.25) is 0 Å². The minimum absolute atomic E-state index is 0.130. The number of aryl methyl sites for hydroxylation is 3. The number of nitrogens with one attached hydrogen (secondary N) is 1. The largest absolute Gasteiger partial charge is 0.308 e. The Balaban J connectivity index is 2.24. The van der Waals surface area contributed by atoms with E-state index in [1.165, 1.54) is 11.1 Å². The van der Waals surface area contributed by atoms with Gasteiger partial charge in [0.05, 0.1) is 5.69 Å². The summed E-state index contributed by atoms with van der Waals surface area (Å²) in [6.45, 7) is 13.4. The molecule has 4 nitrogen and oxygen atoms in total. The van der Waals surface area contributed by atoms with E-state index >= 15 is 0 Å². The summed E-state index contributed by atoms with van der Waals surface area (Å²) in [5.41, 5.74) is 3.79. The van der Waals surface area contributed by atoms with Crippen LogP contribution in [0.4, 0.5) is 0 Å². The molecule has 0 saturated heterocycles. The predicted molar refractivity (Wildman–Crippen MR) is 82.2 cm³/mol. The maximum absolute atomic E-state index is 4.43. The lowest BCUT2D eigenvalue weighted by molar-refractivity contribution is 0.424. The van der Waals surface area contributed by atoms with Crippen molar-refractivity contribution in [3.8, 4) is 5.69 Å². The van der Waals surface area contributed by atoms with Gasteiger partial charge in [-0.3, -0.25) is 0 Å². The van der Waals surface area contributed by atoms with Crippen molar-refractivity contribution in [2.45, 2.75) is 53.6 Å². The van der Waals surface area contributed by atoms with Gasteiger partial charge in [0.15, 0.2) is 0 Å². The summed E-state index contributed by atoms with van der Waals surface area (Å²) in [6, 6.07) is 6.44. The van der Waals surface area contributed by atoms with Crippen molar-refractivity contribution in [2.75, 3.05) is 0 Å². The van der Waals surface area contributed by atoms with Gasteiger partial charge in [0.25, 0.3) is 0 Å². The lowest BCUT2D eigenvalue weighted by atomic mass is 10.0. The van der Waals surface area contributed by atoms with E-state index in [2.05, 4.69) is 61.3 Å². The second-order valence-electron chi connectivity index (χ2n) is 6.33. The summed E-state index contributed by atoms with van der Waals surface area (Å²) < 4.78 is 1.89. The molecule has 0 aliphatic rings. The molecular weight excluding hydrogens is 248 g/mol. The number of hydrogen-bond acceptors (Lipinski definition) is 3. The van der Waals surface area contributed by atoms with Crippen LogP contribution in [-0.2, 0) is 6.54 Å². The van der Waals surface area contributed by atoms with Crippen molar-refractivity contribution in [3.05, 3.63) is 41.0 Å². The quantitative estimate of drug-likeness (QED) is 0.933. The van der Waals surface area contributed by atoms with Crippen molar-refractivity contribution in [1.29, 1.82) is 0 Å². The number of rotatable bonds is 3. The molecule has 0 spiro atoms. The summed E-state index contributed by atoms with van der Waals surface area (Å²) in [5.74, 6) is 1.72. The summed E-state index contributed by atoms with van der Waals surface area (Å²) in [7, 11) is 0. The number of nitrogens with zero attached hydrogens (tertiary/aromatic N) is 3. The maximum Gasteiger partial charge on any atom is 0.148 e. The SMILES string of the molecule is Cc1nc(C)n(-c2ccc(CNC(C)(C)C)c(C)c2)n1. The van der Waals surface area contributed by atoms with Crippen LogP contribution in [0.3, 0.4) is 0 Å². The van der Waals surface area contributed by atoms with Gasteiger partial charge in [-0.05, 0) is 64.8 Å². The molecule has 1 aromatic heterocycles. The molecule has 0 fully saturated rings. The molecule has 0 aliphatic carbocycles. The predicted octanol–water partition coefficient (Wildman–Crippen LogP) is 3.08. The van der Waals surface area contributed by atoms with E-state index in [1.54, 1.807) is 0 Å². The minimum Gasteiger partial charge on any atom is -0.308 e. The van der Waals surface area contributed by atoms with Crippen LogP contribution in [0, 0.1) is 20.8 Å². The van der Waals surface area contributed by atoms with Gasteiger partial charge in [-0.2, -0.15) is 5.10 Å². The highest BCUT2D eigenvalue weighted by atomic mass is 15.3. The maximum atomic E-state index is 4.43. The van der Waals surface area contributed by atoms with Crippen LogP contribution < -0.4 is 5.32 Å². The monoisotopic (exact) mass is 272 g/mol. The third-order valence-electron chi connectivity index (χ3n) is 3.25. The van der Waals surface area contributed by atoms with Crippen molar-refractivity contribution in [2.24, 2.45) is 0 Å². The molecule has 20 heavy (non-hydrogen) atoms. The van der Waals surface area contributed by atoms with Crippen LogP contribution in [0.2, 0.25) is 0 Å². The van der Waals surface area contributed by atoms with E-state index in [0.29, 0.717) is 0 Å². The Hall–Kier alpha value is -1.68. The molecule has 1 heterocycles. The normalized spacial score (nSPS) is 11.9. The van der Waals surface area contributed by atoms with E-state index in [-0.39, 0.29) is 5.54 Å². The molecule has 2 rings (SSSR count). The van der Waals surface area contributed by atoms with Gasteiger partial charge in [-0.25, -0.2) is 9.67 Å². The van der Waals surface area contributed by atoms with Crippen molar-refractivity contribution < 1.29 is 0 Å². The second-order valence-corrected chi connectivity index (χ2v) is 6.33. The molecule has 1 aromatic carbocycles. The Morgan fingerprint density at radius 1 is 1.15 bits per heavy atom. The number of hydrogen-bond donors (Lipinski definition) is 1. The molecule has 0 unspecified atom stereocenters. The molecule has 0 aliphatic heterocycles. The Morgan fingerprint density at radius 3 is 2.35 bits per heavy atom. The molecule has 0 amide bonds. The summed E-state index contributed by atoms with van der Waals surface area (Å²) in [6.07, 6.45) is 0. The van der Waals surface area contributed by atoms with E-state index in [9.17, 15) is 0 Å². The zero-order valence-corrected chi connectivity index (χ0v) is 13.3. The van der Waals surface area contributed by atoms with E-state index in [4.69, 9.17) is 0 Å². The summed E-state index contributed by atoms with van der Waals surface area (Å²) >= 11 is 0. The van der Waals surface area contributed by atoms with Crippen molar-refractivity contribution in [1.82, 2.24) is 20.1 Å². The molecular formula is C16H24N4. The Kier molecular flexibility index (Phi) is 3.95. The first kappa shape index (κ1) is 14.7. The van der Waals surface area contributed by atoms with Gasteiger partial charge in [-0.15, -0.1) is 0 Å². The van der Waals surface area contributed by atoms with Gasteiger partial charge in [0.1, 0.15) is 11.6 Å². The zero-order valence-electron chi connectivity index (χ0n) is 13.3. The van der Waals surface area contributed by atoms with Gasteiger partial charge in [0, 0.05) is 12.1 Å². The third-order valence-corrected chi connectivity index (χ3v) is 3.25. The summed E-state index contributed by atoms with van der Waals surface area (Å²) in [5, 5.41) is 7.95. The molecule has 0 bridgehead atoms. The number of aromatic nitrogens is 3. The van der Waals surface area contributed by atoms with Crippen LogP contribution in [-0.4, -0.2) is 20.3 Å². The topological polar surface area (TPSA) is 42.7 Å². The Bertz CT molecular complexity index is 605. The first-order valence-electron chi connectivity index (χ1n) is 7.01. The van der Waals surface area contributed by atoms with E-state index in [1.807, 2.05) is 18.5 Å². The molecule has 2 aromatic rings. The fourth-order valence-electron chi connectivity index (χ4n) is 2.14. The first-order chi connectivity index (χ1) is 9.26. The van der Waals surface area contributed by atoms with Gasteiger partial charge < -0.3 is 5.32 Å². The van der Waals surface area contributed by atoms with Crippen LogP contribution in [0.1, 0.15) is 43.5 Å². The fourth-order valence-corrected chi connectivity index (χ4v) is 2.14. The first-order valence-corrected chi connectivity index (χ1v) is 7.01. The standard InChI is InChI=1S/C16H24N4/c1-11-9-15(20-13(3)18-12(2)19-20)8-7-14(11)10-17-16(4,5)6/h7-9,17H,10H2,1-6H3. The molecule has 108 valence electrons. The summed E-state index contributed by atoms with van der Waals surface area (Å²) in [4.78, 5) is 4.35. The van der Waals surface area contributed by atoms with Crippen LogP contribution >= 0.6 is 0 Å². The van der Waals surface area contributed by atoms with Gasteiger partial charge >= 0.3 is 0 Å². The third kappa shape index (κ3) is 3.45. The van der Waals surface area contributed by atoms with E-state index in [0.717, 1.165) is 23.9 Å². The highest BCUT2D eigenvalue weighted by molar-refractivity contribution is 5.40. The zero-order chi connectivity index (χ0) is 14.9. The van der Waals surface area contributed by atoms with Crippen LogP contribution in [0.25, 0.3) is 5.69 Å². The highest BCUT2D eigenvalue weighted by Gasteiger charge is 2.11. The lowest BCUT2D eigenvalue weighted by Gasteiger charge is -2.21. The number of benzene rings is 1. The Morgan fingerprint density at radius 2 is 1.85 bits per heavy atom. The average molecular weight is 272 g/mol. The highest BCUT2D eigenvalue weighted by Crippen LogP contribution is 2.16. The smallest absolute Gasteiger partial charge is 0.148 e. The lowest BCUT2D eigenvalue weighted by Crippen LogP contribution is -2.35.